The largest absolute Gasteiger partial charge is 0.396 e. The lowest BCUT2D eigenvalue weighted by Gasteiger charge is -2.32. The molecule has 0 aromatic carbocycles. The summed E-state index contributed by atoms with van der Waals surface area (Å²) in [6, 6.07) is 0. The fourth-order valence-electron chi connectivity index (χ4n) is 3.55. The van der Waals surface area contributed by atoms with Crippen molar-refractivity contribution in [1.29, 1.82) is 0 Å². The Hall–Kier alpha value is -0.0400. The van der Waals surface area contributed by atoms with Gasteiger partial charge in [-0.3, -0.25) is 0 Å². The zero-order valence-corrected chi connectivity index (χ0v) is 16.0. The summed E-state index contributed by atoms with van der Waals surface area (Å²) in [6.07, 6.45) is 21.2. The Morgan fingerprint density at radius 3 is 1.27 bits per heavy atom. The molecule has 0 rings (SSSR count). The average Bonchev–Trinajstić information content (AvgIpc) is 2.55. The number of hydrogen-bond acceptors (Lipinski definition) is 1. The van der Waals surface area contributed by atoms with E-state index in [0.29, 0.717) is 6.61 Å². The molecule has 0 aliphatic heterocycles. The zero-order chi connectivity index (χ0) is 16.5. The van der Waals surface area contributed by atoms with Gasteiger partial charge in [0.05, 0.1) is 0 Å². The Bertz CT molecular complexity index is 214. The lowest BCUT2D eigenvalue weighted by Crippen LogP contribution is -2.25. The SMILES string of the molecule is CCCCCCCCC(CO)(CCCC)CCCCCCC. The number of rotatable bonds is 17. The number of aliphatic hydroxyl groups excluding tert-OH is 1. The molecule has 22 heavy (non-hydrogen) atoms. The van der Waals surface area contributed by atoms with E-state index in [1.165, 1.54) is 103 Å². The molecule has 0 radical (unpaired) electrons. The molecule has 0 spiro atoms. The van der Waals surface area contributed by atoms with E-state index < -0.39 is 0 Å². The molecule has 1 nitrogen and oxygen atoms in total. The fraction of sp³-hybridized carbons (Fsp3) is 1.00. The molecule has 1 unspecified atom stereocenters. The maximum Gasteiger partial charge on any atom is 0.0487 e. The van der Waals surface area contributed by atoms with E-state index in [4.69, 9.17) is 0 Å². The third-order valence-corrected chi connectivity index (χ3v) is 5.27. The fourth-order valence-corrected chi connectivity index (χ4v) is 3.55. The summed E-state index contributed by atoms with van der Waals surface area (Å²) in [6.45, 7) is 7.24. The summed E-state index contributed by atoms with van der Waals surface area (Å²) in [5, 5.41) is 10.0. The topological polar surface area (TPSA) is 20.2 Å². The quantitative estimate of drug-likeness (QED) is 0.280. The third kappa shape index (κ3) is 11.5. The van der Waals surface area contributed by atoms with Crippen molar-refractivity contribution in [3.8, 4) is 0 Å². The minimum atomic E-state index is 0.243. The van der Waals surface area contributed by atoms with Gasteiger partial charge >= 0.3 is 0 Å². The van der Waals surface area contributed by atoms with E-state index in [0.717, 1.165) is 0 Å². The van der Waals surface area contributed by atoms with Crippen molar-refractivity contribution in [3.63, 3.8) is 0 Å². The van der Waals surface area contributed by atoms with Crippen molar-refractivity contribution >= 4 is 0 Å². The van der Waals surface area contributed by atoms with Gasteiger partial charge in [0.15, 0.2) is 0 Å². The molecule has 0 saturated carbocycles. The Balaban J connectivity index is 4.08. The molecule has 0 aliphatic rings. The van der Waals surface area contributed by atoms with Crippen LogP contribution >= 0.6 is 0 Å². The van der Waals surface area contributed by atoms with Crippen LogP contribution < -0.4 is 0 Å². The lowest BCUT2D eigenvalue weighted by molar-refractivity contribution is 0.0863. The highest BCUT2D eigenvalue weighted by atomic mass is 16.3. The molecule has 0 aromatic rings. The second kappa shape index (κ2) is 15.8. The van der Waals surface area contributed by atoms with Gasteiger partial charge < -0.3 is 5.11 Å². The maximum absolute atomic E-state index is 10.0. The molecule has 0 amide bonds. The van der Waals surface area contributed by atoms with E-state index in [2.05, 4.69) is 20.8 Å². The predicted molar refractivity (Wildman–Crippen MR) is 100 cm³/mol. The summed E-state index contributed by atoms with van der Waals surface area (Å²) >= 11 is 0. The molecule has 0 aromatic heterocycles. The van der Waals surface area contributed by atoms with Crippen LogP contribution in [0.3, 0.4) is 0 Å². The molecule has 0 heterocycles. The summed E-state index contributed by atoms with van der Waals surface area (Å²) < 4.78 is 0. The second-order valence-electron chi connectivity index (χ2n) is 7.44. The Labute approximate surface area is 141 Å². The zero-order valence-electron chi connectivity index (χ0n) is 16.0. The highest BCUT2D eigenvalue weighted by Gasteiger charge is 2.27. The van der Waals surface area contributed by atoms with Crippen LogP contribution in [-0.4, -0.2) is 11.7 Å². The third-order valence-electron chi connectivity index (χ3n) is 5.27. The highest BCUT2D eigenvalue weighted by Crippen LogP contribution is 2.36. The van der Waals surface area contributed by atoms with Crippen LogP contribution in [0, 0.1) is 5.41 Å². The van der Waals surface area contributed by atoms with Crippen LogP contribution in [-0.2, 0) is 0 Å². The van der Waals surface area contributed by atoms with Gasteiger partial charge in [-0.15, -0.1) is 0 Å². The first-order chi connectivity index (χ1) is 10.7. The summed E-state index contributed by atoms with van der Waals surface area (Å²) in [5.41, 5.74) is 0.243. The van der Waals surface area contributed by atoms with Gasteiger partial charge in [-0.1, -0.05) is 104 Å². The Morgan fingerprint density at radius 1 is 0.500 bits per heavy atom. The van der Waals surface area contributed by atoms with E-state index >= 15 is 0 Å². The van der Waals surface area contributed by atoms with Crippen LogP contribution in [0.2, 0.25) is 0 Å². The van der Waals surface area contributed by atoms with Crippen LogP contribution in [0.25, 0.3) is 0 Å². The number of aliphatic hydroxyl groups is 1. The molecule has 0 fully saturated rings. The molecule has 1 atom stereocenters. The van der Waals surface area contributed by atoms with Gasteiger partial charge in [-0.2, -0.15) is 0 Å². The molecular formula is C21H44O. The minimum Gasteiger partial charge on any atom is -0.396 e. The Kier molecular flexibility index (Phi) is 15.8. The summed E-state index contributed by atoms with van der Waals surface area (Å²) in [5.74, 6) is 0. The monoisotopic (exact) mass is 312 g/mol. The molecule has 1 heteroatoms. The van der Waals surface area contributed by atoms with Crippen LogP contribution in [0.1, 0.15) is 124 Å². The van der Waals surface area contributed by atoms with Gasteiger partial charge in [0.2, 0.25) is 0 Å². The summed E-state index contributed by atoms with van der Waals surface area (Å²) in [7, 11) is 0. The van der Waals surface area contributed by atoms with Crippen molar-refractivity contribution in [3.05, 3.63) is 0 Å². The minimum absolute atomic E-state index is 0.243. The van der Waals surface area contributed by atoms with E-state index in [1.54, 1.807) is 0 Å². The maximum atomic E-state index is 10.0. The standard InChI is InChI=1S/C21H44O/c1-4-7-10-12-14-16-19-21(20-22,17-9-6-3)18-15-13-11-8-5-2/h22H,4-20H2,1-3H3. The van der Waals surface area contributed by atoms with Crippen molar-refractivity contribution in [2.75, 3.05) is 6.61 Å². The van der Waals surface area contributed by atoms with Gasteiger partial charge in [0.1, 0.15) is 0 Å². The van der Waals surface area contributed by atoms with E-state index in [-0.39, 0.29) is 5.41 Å². The van der Waals surface area contributed by atoms with Crippen molar-refractivity contribution in [2.24, 2.45) is 5.41 Å². The lowest BCUT2D eigenvalue weighted by atomic mass is 9.75. The molecule has 1 N–H and O–H groups in total. The highest BCUT2D eigenvalue weighted by molar-refractivity contribution is 4.79. The predicted octanol–water partition coefficient (Wildman–Crippen LogP) is 7.27. The Morgan fingerprint density at radius 2 is 0.864 bits per heavy atom. The van der Waals surface area contributed by atoms with Crippen LogP contribution in [0.5, 0.6) is 0 Å². The molecular weight excluding hydrogens is 268 g/mol. The average molecular weight is 313 g/mol. The summed E-state index contributed by atoms with van der Waals surface area (Å²) in [4.78, 5) is 0. The van der Waals surface area contributed by atoms with Crippen LogP contribution in [0.15, 0.2) is 0 Å². The van der Waals surface area contributed by atoms with E-state index in [1.807, 2.05) is 0 Å². The molecule has 0 bridgehead atoms. The number of unbranched alkanes of at least 4 members (excludes halogenated alkanes) is 10. The van der Waals surface area contributed by atoms with Gasteiger partial charge in [0.25, 0.3) is 0 Å². The van der Waals surface area contributed by atoms with Gasteiger partial charge in [-0.05, 0) is 24.7 Å². The van der Waals surface area contributed by atoms with Crippen molar-refractivity contribution in [2.45, 2.75) is 124 Å². The molecule has 0 aliphatic carbocycles. The second-order valence-corrected chi connectivity index (χ2v) is 7.44. The first-order valence-electron chi connectivity index (χ1n) is 10.4. The van der Waals surface area contributed by atoms with Crippen molar-refractivity contribution < 1.29 is 5.11 Å². The molecule has 0 saturated heterocycles. The number of hydrogen-bond donors (Lipinski definition) is 1. The van der Waals surface area contributed by atoms with E-state index in [9.17, 15) is 5.11 Å². The first-order valence-corrected chi connectivity index (χ1v) is 10.4. The molecule has 134 valence electrons. The normalized spacial score (nSPS) is 14.2. The van der Waals surface area contributed by atoms with Crippen molar-refractivity contribution in [1.82, 2.24) is 0 Å². The smallest absolute Gasteiger partial charge is 0.0487 e. The first kappa shape index (κ1) is 22.0. The van der Waals surface area contributed by atoms with Gasteiger partial charge in [-0.25, -0.2) is 0 Å². The van der Waals surface area contributed by atoms with Crippen LogP contribution in [0.4, 0.5) is 0 Å². The van der Waals surface area contributed by atoms with Gasteiger partial charge in [0, 0.05) is 6.61 Å².